The van der Waals surface area contributed by atoms with Gasteiger partial charge in [0.2, 0.25) is 11.8 Å². The van der Waals surface area contributed by atoms with Gasteiger partial charge < -0.3 is 9.80 Å². The molecule has 3 aliphatic heterocycles. The number of likely N-dealkylation sites (tertiary alicyclic amines) is 3. The first kappa shape index (κ1) is 18.7. The van der Waals surface area contributed by atoms with Crippen molar-refractivity contribution in [3.05, 3.63) is 0 Å². The van der Waals surface area contributed by atoms with Crippen molar-refractivity contribution in [2.45, 2.75) is 82.7 Å². The molecule has 3 heterocycles. The Morgan fingerprint density at radius 3 is 2.07 bits per heavy atom. The third-order valence-electron chi connectivity index (χ3n) is 9.42. The molecule has 4 bridgehead atoms. The summed E-state index contributed by atoms with van der Waals surface area (Å²) in [4.78, 5) is 34.0. The second kappa shape index (κ2) is 6.96. The normalized spacial score (nSPS) is 44.2. The lowest BCUT2D eigenvalue weighted by molar-refractivity contribution is -0.161. The molecule has 160 valence electrons. The molecule has 0 aromatic carbocycles. The van der Waals surface area contributed by atoms with Crippen molar-refractivity contribution in [2.24, 2.45) is 23.2 Å². The molecule has 7 rings (SSSR count). The van der Waals surface area contributed by atoms with E-state index in [4.69, 9.17) is 0 Å². The molecule has 3 saturated heterocycles. The van der Waals surface area contributed by atoms with Crippen molar-refractivity contribution >= 4 is 11.8 Å². The van der Waals surface area contributed by atoms with Crippen LogP contribution in [0.1, 0.15) is 70.6 Å². The zero-order chi connectivity index (χ0) is 19.6. The molecule has 0 N–H and O–H groups in total. The fourth-order valence-corrected chi connectivity index (χ4v) is 8.50. The van der Waals surface area contributed by atoms with E-state index in [9.17, 15) is 9.59 Å². The molecule has 2 amide bonds. The topological polar surface area (TPSA) is 43.9 Å². The van der Waals surface area contributed by atoms with E-state index < -0.39 is 0 Å². The summed E-state index contributed by atoms with van der Waals surface area (Å²) in [6.45, 7) is 4.98. The first-order valence-electron chi connectivity index (χ1n) is 12.5. The highest BCUT2D eigenvalue weighted by Crippen LogP contribution is 2.60. The summed E-state index contributed by atoms with van der Waals surface area (Å²) < 4.78 is 0. The zero-order valence-corrected chi connectivity index (χ0v) is 17.9. The van der Waals surface area contributed by atoms with Gasteiger partial charge in [-0.15, -0.1) is 0 Å². The lowest BCUT2D eigenvalue weighted by atomic mass is 9.49. The summed E-state index contributed by atoms with van der Waals surface area (Å²) in [6, 6.07) is 0.378. The Kier molecular flexibility index (Phi) is 4.48. The van der Waals surface area contributed by atoms with Crippen LogP contribution in [0, 0.1) is 23.2 Å². The maximum Gasteiger partial charge on any atom is 0.245 e. The van der Waals surface area contributed by atoms with Crippen LogP contribution >= 0.6 is 0 Å². The van der Waals surface area contributed by atoms with Crippen LogP contribution in [0.25, 0.3) is 0 Å². The van der Waals surface area contributed by atoms with Gasteiger partial charge in [0.05, 0.1) is 5.41 Å². The minimum absolute atomic E-state index is 0.110. The summed E-state index contributed by atoms with van der Waals surface area (Å²) in [5.41, 5.74) is -0.110. The van der Waals surface area contributed by atoms with Crippen LogP contribution in [-0.2, 0) is 9.59 Å². The molecule has 7 aliphatic rings. The summed E-state index contributed by atoms with van der Waals surface area (Å²) in [5.74, 6) is 2.95. The van der Waals surface area contributed by atoms with Crippen LogP contribution in [0.5, 0.6) is 0 Å². The van der Waals surface area contributed by atoms with Crippen molar-refractivity contribution in [1.82, 2.24) is 14.7 Å². The van der Waals surface area contributed by atoms with Crippen LogP contribution in [0.2, 0.25) is 0 Å². The smallest absolute Gasteiger partial charge is 0.245 e. The van der Waals surface area contributed by atoms with Crippen LogP contribution in [0.15, 0.2) is 0 Å². The Balaban J connectivity index is 1.15. The molecule has 5 heteroatoms. The SMILES string of the molecule is O=C(C1CCCN1C(=O)C12CC3CC(CC(C3)C1)C2)N1CCC(N2CCCC2)C1. The monoisotopic (exact) mass is 399 g/mol. The Bertz CT molecular complexity index is 650. The predicted octanol–water partition coefficient (Wildman–Crippen LogP) is 2.89. The summed E-state index contributed by atoms with van der Waals surface area (Å²) >= 11 is 0. The van der Waals surface area contributed by atoms with Gasteiger partial charge in [-0.1, -0.05) is 0 Å². The minimum atomic E-state index is -0.173. The van der Waals surface area contributed by atoms with Gasteiger partial charge in [-0.2, -0.15) is 0 Å². The van der Waals surface area contributed by atoms with Crippen molar-refractivity contribution in [2.75, 3.05) is 32.7 Å². The van der Waals surface area contributed by atoms with Gasteiger partial charge in [-0.3, -0.25) is 14.5 Å². The molecular weight excluding hydrogens is 362 g/mol. The molecule has 0 aromatic rings. The minimum Gasteiger partial charge on any atom is -0.339 e. The van der Waals surface area contributed by atoms with Gasteiger partial charge in [0.25, 0.3) is 0 Å². The van der Waals surface area contributed by atoms with Crippen molar-refractivity contribution in [1.29, 1.82) is 0 Å². The third kappa shape index (κ3) is 3.05. The number of nitrogens with zero attached hydrogens (tertiary/aromatic N) is 3. The average molecular weight is 400 g/mol. The van der Waals surface area contributed by atoms with Crippen LogP contribution in [0.4, 0.5) is 0 Å². The Hall–Kier alpha value is -1.10. The highest BCUT2D eigenvalue weighted by molar-refractivity contribution is 5.91. The first-order chi connectivity index (χ1) is 14.1. The lowest BCUT2D eigenvalue weighted by Crippen LogP contribution is -2.57. The van der Waals surface area contributed by atoms with E-state index in [1.807, 2.05) is 0 Å². The number of carbonyl (C=O) groups is 2. The maximum atomic E-state index is 13.8. The standard InChI is InChI=1S/C24H37N3O2/c28-22(26-9-5-20(16-26)25-6-1-2-7-25)21-4-3-8-27(21)23(29)24-13-17-10-18(14-24)12-19(11-17)15-24/h17-21H,1-16H2. The van der Waals surface area contributed by atoms with Crippen molar-refractivity contribution in [3.63, 3.8) is 0 Å². The molecule has 29 heavy (non-hydrogen) atoms. The molecule has 7 fully saturated rings. The average Bonchev–Trinajstić information content (AvgIpc) is 3.47. The van der Waals surface area contributed by atoms with E-state index in [2.05, 4.69) is 14.7 Å². The van der Waals surface area contributed by atoms with Gasteiger partial charge in [0, 0.05) is 25.7 Å². The van der Waals surface area contributed by atoms with E-state index in [1.165, 1.54) is 45.2 Å². The van der Waals surface area contributed by atoms with Crippen LogP contribution in [-0.4, -0.2) is 71.3 Å². The Morgan fingerprint density at radius 1 is 0.759 bits per heavy atom. The Morgan fingerprint density at radius 2 is 1.41 bits per heavy atom. The van der Waals surface area contributed by atoms with Crippen LogP contribution in [0.3, 0.4) is 0 Å². The fraction of sp³-hybridized carbons (Fsp3) is 0.917. The number of rotatable bonds is 3. The number of carbonyl (C=O) groups excluding carboxylic acids is 2. The summed E-state index contributed by atoms with van der Waals surface area (Å²) in [5, 5.41) is 0. The van der Waals surface area contributed by atoms with Gasteiger partial charge in [0.1, 0.15) is 6.04 Å². The molecule has 2 unspecified atom stereocenters. The Labute approximate surface area is 175 Å². The maximum absolute atomic E-state index is 13.8. The second-order valence-electron chi connectivity index (χ2n) is 11.3. The van der Waals surface area contributed by atoms with Gasteiger partial charge in [-0.25, -0.2) is 0 Å². The summed E-state index contributed by atoms with van der Waals surface area (Å²) in [7, 11) is 0. The highest BCUT2D eigenvalue weighted by atomic mass is 16.2. The largest absolute Gasteiger partial charge is 0.339 e. The molecule has 0 aromatic heterocycles. The zero-order valence-electron chi connectivity index (χ0n) is 17.9. The summed E-state index contributed by atoms with van der Waals surface area (Å²) in [6.07, 6.45) is 13.0. The molecule has 4 aliphatic carbocycles. The van der Waals surface area contributed by atoms with Gasteiger partial charge in [0.15, 0.2) is 0 Å². The third-order valence-corrected chi connectivity index (χ3v) is 9.42. The molecule has 0 spiro atoms. The first-order valence-corrected chi connectivity index (χ1v) is 12.5. The van der Waals surface area contributed by atoms with E-state index in [0.717, 1.165) is 75.9 Å². The molecule has 0 radical (unpaired) electrons. The number of amides is 2. The van der Waals surface area contributed by atoms with E-state index in [-0.39, 0.29) is 17.4 Å². The molecule has 4 saturated carbocycles. The highest BCUT2D eigenvalue weighted by Gasteiger charge is 2.57. The molecular formula is C24H37N3O2. The van der Waals surface area contributed by atoms with Crippen LogP contribution < -0.4 is 0 Å². The predicted molar refractivity (Wildman–Crippen MR) is 111 cm³/mol. The number of hydrogen-bond donors (Lipinski definition) is 0. The molecule has 5 nitrogen and oxygen atoms in total. The fourth-order valence-electron chi connectivity index (χ4n) is 8.50. The number of hydrogen-bond acceptors (Lipinski definition) is 3. The van der Waals surface area contributed by atoms with Gasteiger partial charge in [-0.05, 0) is 101 Å². The quantitative estimate of drug-likeness (QED) is 0.733. The van der Waals surface area contributed by atoms with E-state index in [0.29, 0.717) is 11.9 Å². The van der Waals surface area contributed by atoms with Gasteiger partial charge >= 0.3 is 0 Å². The second-order valence-corrected chi connectivity index (χ2v) is 11.3. The lowest BCUT2D eigenvalue weighted by Gasteiger charge is -2.56. The van der Waals surface area contributed by atoms with E-state index in [1.54, 1.807) is 0 Å². The van der Waals surface area contributed by atoms with E-state index >= 15 is 0 Å². The van der Waals surface area contributed by atoms with Crippen molar-refractivity contribution in [3.8, 4) is 0 Å². The van der Waals surface area contributed by atoms with Crippen molar-refractivity contribution < 1.29 is 9.59 Å². The molecule has 2 atom stereocenters.